The van der Waals surface area contributed by atoms with Crippen LogP contribution in [0.4, 0.5) is 5.69 Å². The standard InChI is InChI=1S/C20H17NO6/c1-7(22)8-5-10-14(12(23)6-8)20(27)15-16(18(10)25)19(26)13-9(17(15)24)3-2-4-11(13)21/h2-4,8,12,23,25,27H,5-6,21H2,1H3. The molecule has 7 nitrogen and oxygen atoms in total. The van der Waals surface area contributed by atoms with Crippen molar-refractivity contribution in [2.75, 3.05) is 5.73 Å². The van der Waals surface area contributed by atoms with Crippen molar-refractivity contribution in [2.45, 2.75) is 25.9 Å². The van der Waals surface area contributed by atoms with Crippen molar-refractivity contribution in [3.05, 3.63) is 51.6 Å². The number of aliphatic hydroxyl groups excluding tert-OH is 1. The number of Topliss-reactive ketones (excluding diaryl/α,β-unsaturated/α-hetero) is 1. The molecule has 4 rings (SSSR count). The Morgan fingerprint density at radius 2 is 1.74 bits per heavy atom. The summed E-state index contributed by atoms with van der Waals surface area (Å²) in [4.78, 5) is 37.7. The molecule has 27 heavy (non-hydrogen) atoms. The number of fused-ring (bicyclic) bond motifs is 3. The number of aliphatic hydroxyl groups is 1. The number of phenolic OH excluding ortho intramolecular Hbond substituents is 2. The molecule has 2 unspecified atom stereocenters. The molecule has 0 radical (unpaired) electrons. The zero-order valence-electron chi connectivity index (χ0n) is 14.4. The summed E-state index contributed by atoms with van der Waals surface area (Å²) in [5.74, 6) is -3.07. The number of hydrogen-bond acceptors (Lipinski definition) is 7. The van der Waals surface area contributed by atoms with Gasteiger partial charge in [-0.3, -0.25) is 14.4 Å². The van der Waals surface area contributed by atoms with Crippen LogP contribution in [0.3, 0.4) is 0 Å². The van der Waals surface area contributed by atoms with Gasteiger partial charge in [-0.1, -0.05) is 12.1 Å². The highest BCUT2D eigenvalue weighted by Crippen LogP contribution is 2.49. The Morgan fingerprint density at radius 1 is 1.07 bits per heavy atom. The second-order valence-corrected chi connectivity index (χ2v) is 7.03. The lowest BCUT2D eigenvalue weighted by Gasteiger charge is -2.31. The molecule has 0 saturated heterocycles. The van der Waals surface area contributed by atoms with Crippen molar-refractivity contribution in [1.82, 2.24) is 0 Å². The van der Waals surface area contributed by atoms with Gasteiger partial charge in [-0.25, -0.2) is 0 Å². The SMILES string of the molecule is CC(=O)C1Cc2c(O)c3c(c(O)c2C(O)C1)C(=O)c1cccc(N)c1C3=O. The van der Waals surface area contributed by atoms with E-state index in [2.05, 4.69) is 0 Å². The molecule has 2 aliphatic rings. The van der Waals surface area contributed by atoms with Crippen LogP contribution < -0.4 is 5.73 Å². The van der Waals surface area contributed by atoms with Gasteiger partial charge < -0.3 is 21.1 Å². The highest BCUT2D eigenvalue weighted by Gasteiger charge is 2.42. The number of aromatic hydroxyl groups is 2. The zero-order chi connectivity index (χ0) is 19.6. The van der Waals surface area contributed by atoms with Crippen LogP contribution in [0.5, 0.6) is 11.5 Å². The fraction of sp³-hybridized carbons (Fsp3) is 0.250. The number of hydrogen-bond donors (Lipinski definition) is 4. The quantitative estimate of drug-likeness (QED) is 0.379. The van der Waals surface area contributed by atoms with Crippen molar-refractivity contribution in [3.63, 3.8) is 0 Å². The van der Waals surface area contributed by atoms with Crippen LogP contribution in [0.1, 0.15) is 62.4 Å². The van der Waals surface area contributed by atoms with Crippen LogP contribution in [0, 0.1) is 5.92 Å². The number of nitrogen functional groups attached to an aromatic ring is 1. The highest BCUT2D eigenvalue weighted by atomic mass is 16.3. The van der Waals surface area contributed by atoms with E-state index < -0.39 is 35.1 Å². The van der Waals surface area contributed by atoms with E-state index in [1.54, 1.807) is 0 Å². The molecule has 0 bridgehead atoms. The molecule has 138 valence electrons. The molecule has 7 heteroatoms. The molecule has 2 atom stereocenters. The van der Waals surface area contributed by atoms with Gasteiger partial charge in [0.15, 0.2) is 11.6 Å². The fourth-order valence-electron chi connectivity index (χ4n) is 4.10. The van der Waals surface area contributed by atoms with Gasteiger partial charge in [0, 0.05) is 28.3 Å². The summed E-state index contributed by atoms with van der Waals surface area (Å²) in [5, 5.41) is 31.9. The van der Waals surface area contributed by atoms with Crippen molar-refractivity contribution in [2.24, 2.45) is 5.92 Å². The molecule has 2 aliphatic carbocycles. The number of carbonyl (C=O) groups is 3. The summed E-state index contributed by atoms with van der Waals surface area (Å²) in [5.41, 5.74) is 5.40. The first-order valence-electron chi connectivity index (χ1n) is 8.51. The first-order valence-corrected chi connectivity index (χ1v) is 8.51. The summed E-state index contributed by atoms with van der Waals surface area (Å²) in [6.45, 7) is 1.38. The number of rotatable bonds is 1. The molecule has 0 aromatic heterocycles. The average molecular weight is 367 g/mol. The minimum atomic E-state index is -1.23. The molecule has 0 heterocycles. The van der Waals surface area contributed by atoms with Gasteiger partial charge in [0.25, 0.3) is 0 Å². The number of ketones is 3. The van der Waals surface area contributed by atoms with Crippen LogP contribution in [-0.4, -0.2) is 32.7 Å². The van der Waals surface area contributed by atoms with Gasteiger partial charge in [-0.05, 0) is 25.8 Å². The van der Waals surface area contributed by atoms with E-state index >= 15 is 0 Å². The maximum absolute atomic E-state index is 13.0. The van der Waals surface area contributed by atoms with Crippen LogP contribution in [-0.2, 0) is 11.2 Å². The summed E-state index contributed by atoms with van der Waals surface area (Å²) in [6.07, 6.45) is -1.10. The van der Waals surface area contributed by atoms with Crippen molar-refractivity contribution >= 4 is 23.0 Å². The minimum Gasteiger partial charge on any atom is -0.507 e. The molecular weight excluding hydrogens is 350 g/mol. The summed E-state index contributed by atoms with van der Waals surface area (Å²) in [7, 11) is 0. The van der Waals surface area contributed by atoms with Crippen molar-refractivity contribution in [1.29, 1.82) is 0 Å². The summed E-state index contributed by atoms with van der Waals surface area (Å²) in [6, 6.07) is 4.42. The average Bonchev–Trinajstić information content (AvgIpc) is 2.61. The number of phenols is 2. The Balaban J connectivity index is 2.03. The number of anilines is 1. The second kappa shape index (κ2) is 5.65. The lowest BCUT2D eigenvalue weighted by atomic mass is 9.74. The molecule has 0 saturated carbocycles. The van der Waals surface area contributed by atoms with Crippen LogP contribution >= 0.6 is 0 Å². The molecule has 0 aliphatic heterocycles. The number of nitrogens with two attached hydrogens (primary N) is 1. The van der Waals surface area contributed by atoms with E-state index in [-0.39, 0.29) is 57.7 Å². The monoisotopic (exact) mass is 367 g/mol. The van der Waals surface area contributed by atoms with E-state index in [4.69, 9.17) is 5.73 Å². The lowest BCUT2D eigenvalue weighted by molar-refractivity contribution is -0.122. The molecule has 2 aromatic carbocycles. The number of benzene rings is 2. The van der Waals surface area contributed by atoms with E-state index in [9.17, 15) is 29.7 Å². The Kier molecular flexibility index (Phi) is 3.61. The van der Waals surface area contributed by atoms with Gasteiger partial charge in [0.2, 0.25) is 0 Å². The molecule has 0 amide bonds. The van der Waals surface area contributed by atoms with Gasteiger partial charge >= 0.3 is 0 Å². The Labute approximate surface area is 154 Å². The first-order chi connectivity index (χ1) is 12.7. The normalized spacial score (nSPS) is 20.7. The maximum atomic E-state index is 13.0. The van der Waals surface area contributed by atoms with Gasteiger partial charge in [0.05, 0.1) is 22.8 Å². The Morgan fingerprint density at radius 3 is 2.41 bits per heavy atom. The second-order valence-electron chi connectivity index (χ2n) is 7.03. The van der Waals surface area contributed by atoms with Gasteiger partial charge in [-0.15, -0.1) is 0 Å². The molecular formula is C20H17NO6. The van der Waals surface area contributed by atoms with Gasteiger partial charge in [-0.2, -0.15) is 0 Å². The topological polar surface area (TPSA) is 138 Å². The number of carbonyl (C=O) groups excluding carboxylic acids is 3. The third-order valence-corrected chi connectivity index (χ3v) is 5.48. The predicted octanol–water partition coefficient (Wildman–Crippen LogP) is 1.64. The molecule has 0 spiro atoms. The maximum Gasteiger partial charge on any atom is 0.200 e. The van der Waals surface area contributed by atoms with Crippen molar-refractivity contribution in [3.8, 4) is 11.5 Å². The van der Waals surface area contributed by atoms with Crippen molar-refractivity contribution < 1.29 is 29.7 Å². The lowest BCUT2D eigenvalue weighted by Crippen LogP contribution is -2.28. The highest BCUT2D eigenvalue weighted by molar-refractivity contribution is 6.32. The van der Waals surface area contributed by atoms with Crippen LogP contribution in [0.15, 0.2) is 18.2 Å². The molecule has 0 fully saturated rings. The third kappa shape index (κ3) is 2.21. The van der Waals surface area contributed by atoms with Crippen LogP contribution in [0.25, 0.3) is 0 Å². The van der Waals surface area contributed by atoms with E-state index in [1.807, 2.05) is 0 Å². The van der Waals surface area contributed by atoms with Gasteiger partial charge in [0.1, 0.15) is 17.3 Å². The van der Waals surface area contributed by atoms with E-state index in [1.165, 1.54) is 25.1 Å². The summed E-state index contributed by atoms with van der Waals surface area (Å²) < 4.78 is 0. The van der Waals surface area contributed by atoms with E-state index in [0.717, 1.165) is 0 Å². The zero-order valence-corrected chi connectivity index (χ0v) is 14.4. The van der Waals surface area contributed by atoms with E-state index in [0.29, 0.717) is 0 Å². The van der Waals surface area contributed by atoms with Crippen LogP contribution in [0.2, 0.25) is 0 Å². The largest absolute Gasteiger partial charge is 0.507 e. The fourth-order valence-corrected chi connectivity index (χ4v) is 4.10. The Hall–Kier alpha value is -3.19. The molecule has 2 aromatic rings. The minimum absolute atomic E-state index is 0.00254. The first kappa shape index (κ1) is 17.2. The Bertz CT molecular complexity index is 1060. The smallest absolute Gasteiger partial charge is 0.200 e. The summed E-state index contributed by atoms with van der Waals surface area (Å²) >= 11 is 0. The third-order valence-electron chi connectivity index (χ3n) is 5.48. The predicted molar refractivity (Wildman–Crippen MR) is 94.9 cm³/mol. The molecule has 5 N–H and O–H groups in total.